The van der Waals surface area contributed by atoms with Crippen molar-refractivity contribution in [2.45, 2.75) is 31.8 Å². The van der Waals surface area contributed by atoms with Crippen molar-refractivity contribution >= 4 is 17.8 Å². The Morgan fingerprint density at radius 1 is 1.44 bits per heavy atom. The van der Waals surface area contributed by atoms with Gasteiger partial charge < -0.3 is 10.6 Å². The van der Waals surface area contributed by atoms with Gasteiger partial charge in [0.2, 0.25) is 11.8 Å². The molecule has 1 heterocycles. The maximum absolute atomic E-state index is 11.8. The number of urea groups is 1. The van der Waals surface area contributed by atoms with Crippen molar-refractivity contribution in [2.24, 2.45) is 0 Å². The molecule has 3 N–H and O–H groups in total. The summed E-state index contributed by atoms with van der Waals surface area (Å²) in [6.45, 7) is 3.03. The van der Waals surface area contributed by atoms with Crippen LogP contribution in [-0.4, -0.2) is 54.5 Å². The summed E-state index contributed by atoms with van der Waals surface area (Å²) < 4.78 is 0. The number of nitrogens with one attached hydrogen (secondary N) is 3. The van der Waals surface area contributed by atoms with E-state index in [0.717, 1.165) is 12.8 Å². The number of amides is 4. The SMILES string of the molecule is CC(C(=O)NC(=O)NC1CC1)N1CCNC(=O)C1. The van der Waals surface area contributed by atoms with Crippen LogP contribution < -0.4 is 16.0 Å². The first-order valence-electron chi connectivity index (χ1n) is 6.18. The third-order valence-electron chi connectivity index (χ3n) is 3.14. The Bertz CT molecular complexity index is 367. The van der Waals surface area contributed by atoms with E-state index in [2.05, 4.69) is 16.0 Å². The monoisotopic (exact) mass is 254 g/mol. The van der Waals surface area contributed by atoms with E-state index in [-0.39, 0.29) is 24.4 Å². The van der Waals surface area contributed by atoms with Crippen LogP contribution in [0.3, 0.4) is 0 Å². The highest BCUT2D eigenvalue weighted by molar-refractivity contribution is 5.97. The zero-order chi connectivity index (χ0) is 13.1. The van der Waals surface area contributed by atoms with Crippen LogP contribution in [0.4, 0.5) is 4.79 Å². The lowest BCUT2D eigenvalue weighted by Gasteiger charge is -2.30. The number of rotatable bonds is 3. The molecule has 0 bridgehead atoms. The first-order chi connectivity index (χ1) is 8.56. The van der Waals surface area contributed by atoms with Gasteiger partial charge in [-0.25, -0.2) is 4.79 Å². The molecule has 1 saturated heterocycles. The van der Waals surface area contributed by atoms with Gasteiger partial charge in [0.1, 0.15) is 0 Å². The number of piperazine rings is 1. The Kier molecular flexibility index (Phi) is 3.81. The Labute approximate surface area is 105 Å². The second-order valence-electron chi connectivity index (χ2n) is 4.73. The summed E-state index contributed by atoms with van der Waals surface area (Å²) in [5.74, 6) is -0.466. The second kappa shape index (κ2) is 5.34. The molecule has 1 aliphatic carbocycles. The van der Waals surface area contributed by atoms with Crippen LogP contribution in [0, 0.1) is 0 Å². The van der Waals surface area contributed by atoms with E-state index in [0.29, 0.717) is 13.1 Å². The van der Waals surface area contributed by atoms with E-state index in [9.17, 15) is 14.4 Å². The van der Waals surface area contributed by atoms with Crippen LogP contribution in [0.1, 0.15) is 19.8 Å². The van der Waals surface area contributed by atoms with Gasteiger partial charge >= 0.3 is 6.03 Å². The van der Waals surface area contributed by atoms with Gasteiger partial charge in [0.05, 0.1) is 12.6 Å². The molecule has 0 aromatic rings. The average Bonchev–Trinajstić information content (AvgIpc) is 3.11. The standard InChI is InChI=1S/C11H18N4O3/c1-7(15-5-4-12-9(16)6-15)10(17)14-11(18)13-8-2-3-8/h7-8H,2-6H2,1H3,(H,12,16)(H2,13,14,17,18). The number of hydrogen-bond acceptors (Lipinski definition) is 4. The molecule has 0 radical (unpaired) electrons. The number of imide groups is 1. The quantitative estimate of drug-likeness (QED) is 0.590. The summed E-state index contributed by atoms with van der Waals surface area (Å²) >= 11 is 0. The molecule has 1 aliphatic heterocycles. The normalized spacial score (nSPS) is 21.9. The minimum absolute atomic E-state index is 0.0941. The predicted octanol–water partition coefficient (Wildman–Crippen LogP) is -1.21. The molecule has 18 heavy (non-hydrogen) atoms. The van der Waals surface area contributed by atoms with Crippen LogP contribution in [0.5, 0.6) is 0 Å². The Balaban J connectivity index is 1.79. The molecule has 2 fully saturated rings. The molecule has 7 heteroatoms. The van der Waals surface area contributed by atoms with Gasteiger partial charge in [0.25, 0.3) is 0 Å². The topological polar surface area (TPSA) is 90.5 Å². The number of carbonyl (C=O) groups excluding carboxylic acids is 3. The Morgan fingerprint density at radius 3 is 2.78 bits per heavy atom. The number of hydrogen-bond donors (Lipinski definition) is 3. The molecule has 1 saturated carbocycles. The summed E-state index contributed by atoms with van der Waals surface area (Å²) in [5, 5.41) is 7.67. The van der Waals surface area contributed by atoms with E-state index in [1.54, 1.807) is 11.8 Å². The van der Waals surface area contributed by atoms with Gasteiger partial charge in [0, 0.05) is 19.1 Å². The summed E-state index contributed by atoms with van der Waals surface area (Å²) in [7, 11) is 0. The highest BCUT2D eigenvalue weighted by Crippen LogP contribution is 2.18. The zero-order valence-electron chi connectivity index (χ0n) is 10.4. The molecule has 0 spiro atoms. The Morgan fingerprint density at radius 2 is 2.17 bits per heavy atom. The summed E-state index contributed by atoms with van der Waals surface area (Å²) in [4.78, 5) is 36.2. The van der Waals surface area contributed by atoms with E-state index in [1.807, 2.05) is 0 Å². The average molecular weight is 254 g/mol. The van der Waals surface area contributed by atoms with Gasteiger partial charge in [-0.2, -0.15) is 0 Å². The molecule has 1 atom stereocenters. The number of nitrogens with zero attached hydrogens (tertiary/aromatic N) is 1. The van der Waals surface area contributed by atoms with Crippen LogP contribution in [-0.2, 0) is 9.59 Å². The third kappa shape index (κ3) is 3.43. The van der Waals surface area contributed by atoms with Crippen molar-refractivity contribution in [3.05, 3.63) is 0 Å². The molecular formula is C11H18N4O3. The minimum atomic E-state index is -0.485. The highest BCUT2D eigenvalue weighted by atomic mass is 16.2. The molecule has 2 rings (SSSR count). The maximum atomic E-state index is 11.8. The van der Waals surface area contributed by atoms with Crippen LogP contribution in [0.2, 0.25) is 0 Å². The van der Waals surface area contributed by atoms with E-state index >= 15 is 0 Å². The minimum Gasteiger partial charge on any atom is -0.354 e. The lowest BCUT2D eigenvalue weighted by Crippen LogP contribution is -2.56. The molecule has 4 amide bonds. The zero-order valence-corrected chi connectivity index (χ0v) is 10.4. The van der Waals surface area contributed by atoms with Gasteiger partial charge in [0.15, 0.2) is 0 Å². The van der Waals surface area contributed by atoms with Crippen LogP contribution in [0.15, 0.2) is 0 Å². The first-order valence-corrected chi connectivity index (χ1v) is 6.18. The van der Waals surface area contributed by atoms with Crippen LogP contribution in [0.25, 0.3) is 0 Å². The summed E-state index contributed by atoms with van der Waals surface area (Å²) in [6.07, 6.45) is 1.95. The van der Waals surface area contributed by atoms with Crippen molar-refractivity contribution in [3.8, 4) is 0 Å². The van der Waals surface area contributed by atoms with Crippen LogP contribution >= 0.6 is 0 Å². The van der Waals surface area contributed by atoms with E-state index in [1.165, 1.54) is 0 Å². The fraction of sp³-hybridized carbons (Fsp3) is 0.727. The molecule has 1 unspecified atom stereocenters. The smallest absolute Gasteiger partial charge is 0.321 e. The Hall–Kier alpha value is -1.63. The lowest BCUT2D eigenvalue weighted by molar-refractivity contribution is -0.129. The lowest BCUT2D eigenvalue weighted by atomic mass is 10.2. The largest absolute Gasteiger partial charge is 0.354 e. The van der Waals surface area contributed by atoms with E-state index in [4.69, 9.17) is 0 Å². The molecule has 2 aliphatic rings. The first kappa shape index (κ1) is 12.8. The van der Waals surface area contributed by atoms with Gasteiger partial charge in [-0.3, -0.25) is 19.8 Å². The van der Waals surface area contributed by atoms with Crippen molar-refractivity contribution in [3.63, 3.8) is 0 Å². The highest BCUT2D eigenvalue weighted by Gasteiger charge is 2.28. The predicted molar refractivity (Wildman–Crippen MR) is 63.7 cm³/mol. The fourth-order valence-electron chi connectivity index (χ4n) is 1.82. The van der Waals surface area contributed by atoms with Gasteiger partial charge in [-0.15, -0.1) is 0 Å². The number of carbonyl (C=O) groups is 3. The van der Waals surface area contributed by atoms with Crippen molar-refractivity contribution in [2.75, 3.05) is 19.6 Å². The van der Waals surface area contributed by atoms with Gasteiger partial charge in [-0.05, 0) is 19.8 Å². The molecular weight excluding hydrogens is 236 g/mol. The molecule has 7 nitrogen and oxygen atoms in total. The molecule has 0 aromatic heterocycles. The summed E-state index contributed by atoms with van der Waals surface area (Å²) in [5.41, 5.74) is 0. The van der Waals surface area contributed by atoms with Crippen molar-refractivity contribution < 1.29 is 14.4 Å². The maximum Gasteiger partial charge on any atom is 0.321 e. The second-order valence-corrected chi connectivity index (χ2v) is 4.73. The van der Waals surface area contributed by atoms with Crippen molar-refractivity contribution in [1.29, 1.82) is 0 Å². The fourth-order valence-corrected chi connectivity index (χ4v) is 1.82. The van der Waals surface area contributed by atoms with Crippen molar-refractivity contribution in [1.82, 2.24) is 20.9 Å². The third-order valence-corrected chi connectivity index (χ3v) is 3.14. The molecule has 0 aromatic carbocycles. The molecule has 100 valence electrons. The summed E-state index contributed by atoms with van der Waals surface area (Å²) in [6, 6.07) is -0.717. The van der Waals surface area contributed by atoms with Gasteiger partial charge in [-0.1, -0.05) is 0 Å². The van der Waals surface area contributed by atoms with E-state index < -0.39 is 12.1 Å².